The van der Waals surface area contributed by atoms with Crippen LogP contribution in [0, 0.1) is 0 Å². The quantitative estimate of drug-likeness (QED) is 0.146. The standard InChI is InChI=1S/C18H32N4.2C3H6O3S/c1-3-5-9-19-13-15-21(17-19)11-7-8-12-22-16-14-20(18-22)10-6-4-2;2*1-2-3-7(4,5)6/h13-18H,3-12H2,1-2H3;2*2H,1,3H2,(H,4,5,6)/q+2;;/p-2. The summed E-state index contributed by atoms with van der Waals surface area (Å²) in [5.41, 5.74) is 0. The van der Waals surface area contributed by atoms with Gasteiger partial charge in [-0.15, -0.1) is 13.2 Å². The lowest BCUT2D eigenvalue weighted by atomic mass is 10.3. The Morgan fingerprint density at radius 3 is 1.33 bits per heavy atom. The molecule has 0 bridgehead atoms. The summed E-state index contributed by atoms with van der Waals surface area (Å²) in [6.45, 7) is 15.1. The Bertz CT molecular complexity index is 990. The first-order valence-corrected chi connectivity index (χ1v) is 15.3. The summed E-state index contributed by atoms with van der Waals surface area (Å²) in [5.74, 6) is -0.958. The van der Waals surface area contributed by atoms with Gasteiger partial charge in [-0.05, 0) is 25.7 Å². The lowest BCUT2D eigenvalue weighted by Gasteiger charge is -1.98. The van der Waals surface area contributed by atoms with E-state index in [0.29, 0.717) is 0 Å². The molecule has 10 nitrogen and oxygen atoms in total. The van der Waals surface area contributed by atoms with Crippen LogP contribution < -0.4 is 9.13 Å². The zero-order valence-electron chi connectivity index (χ0n) is 21.6. The second-order valence-corrected chi connectivity index (χ2v) is 11.1. The third kappa shape index (κ3) is 20.0. The first-order valence-electron chi connectivity index (χ1n) is 12.1. The number of nitrogens with zero attached hydrogens (tertiary/aromatic N) is 4. The predicted octanol–water partition coefficient (Wildman–Crippen LogP) is 2.38. The molecule has 2 aromatic rings. The zero-order valence-corrected chi connectivity index (χ0v) is 23.2. The van der Waals surface area contributed by atoms with Crippen LogP contribution in [0.25, 0.3) is 0 Å². The summed E-state index contributed by atoms with van der Waals surface area (Å²) in [6, 6.07) is 0. The number of imidazole rings is 2. The zero-order chi connectivity index (χ0) is 27.5. The summed E-state index contributed by atoms with van der Waals surface area (Å²) in [7, 11) is -8.08. The van der Waals surface area contributed by atoms with E-state index in [1.807, 2.05) is 0 Å². The van der Waals surface area contributed by atoms with E-state index in [0.717, 1.165) is 38.3 Å². The molecule has 0 aromatic carbocycles. The normalized spacial score (nSPS) is 11.1. The SMILES string of the molecule is C=CCS(=O)(=O)[O-].C=CCS(=O)(=O)[O-].CCCCn1cc[n+](CCCC[n+]2ccn(CCCC)c2)c1. The number of aromatic nitrogens is 4. The van der Waals surface area contributed by atoms with E-state index >= 15 is 0 Å². The maximum absolute atomic E-state index is 9.60. The van der Waals surface area contributed by atoms with Crippen molar-refractivity contribution in [3.8, 4) is 0 Å². The molecule has 206 valence electrons. The second-order valence-electron chi connectivity index (χ2n) is 8.22. The van der Waals surface area contributed by atoms with Gasteiger partial charge in [0.15, 0.2) is 0 Å². The number of rotatable bonds is 15. The van der Waals surface area contributed by atoms with Crippen molar-refractivity contribution in [2.75, 3.05) is 11.5 Å². The Morgan fingerprint density at radius 2 is 1.08 bits per heavy atom. The number of hydrogen-bond donors (Lipinski definition) is 0. The third-order valence-corrected chi connectivity index (χ3v) is 6.05. The van der Waals surface area contributed by atoms with E-state index in [1.54, 1.807) is 0 Å². The minimum absolute atomic E-state index is 0.479. The first-order chi connectivity index (χ1) is 16.9. The molecule has 0 amide bonds. The van der Waals surface area contributed by atoms with Crippen LogP contribution in [-0.4, -0.2) is 46.6 Å². The predicted molar refractivity (Wildman–Crippen MR) is 138 cm³/mol. The van der Waals surface area contributed by atoms with Gasteiger partial charge in [-0.25, -0.2) is 35.1 Å². The van der Waals surface area contributed by atoms with E-state index in [4.69, 9.17) is 0 Å². The summed E-state index contributed by atoms with van der Waals surface area (Å²) in [5, 5.41) is 0. The van der Waals surface area contributed by atoms with Crippen LogP contribution in [0.1, 0.15) is 52.4 Å². The first kappa shape index (κ1) is 33.7. The molecule has 0 aliphatic carbocycles. The summed E-state index contributed by atoms with van der Waals surface area (Å²) in [4.78, 5) is 0. The Morgan fingerprint density at radius 1 is 0.722 bits per heavy atom. The highest BCUT2D eigenvalue weighted by atomic mass is 32.2. The van der Waals surface area contributed by atoms with E-state index < -0.39 is 31.7 Å². The van der Waals surface area contributed by atoms with Crippen LogP contribution in [0.4, 0.5) is 0 Å². The number of hydrogen-bond acceptors (Lipinski definition) is 6. The highest BCUT2D eigenvalue weighted by Crippen LogP contribution is 1.96. The minimum atomic E-state index is -4.04. The van der Waals surface area contributed by atoms with Crippen molar-refractivity contribution in [3.63, 3.8) is 0 Å². The topological polar surface area (TPSA) is 132 Å². The second kappa shape index (κ2) is 18.9. The van der Waals surface area contributed by atoms with Gasteiger partial charge in [0.25, 0.3) is 0 Å². The van der Waals surface area contributed by atoms with E-state index in [-0.39, 0.29) is 0 Å². The van der Waals surface area contributed by atoms with Crippen molar-refractivity contribution in [2.45, 2.75) is 78.6 Å². The molecule has 0 N–H and O–H groups in total. The summed E-state index contributed by atoms with van der Waals surface area (Å²) >= 11 is 0. The van der Waals surface area contributed by atoms with Crippen molar-refractivity contribution in [1.29, 1.82) is 0 Å². The molecule has 2 rings (SSSR count). The lowest BCUT2D eigenvalue weighted by Crippen LogP contribution is -2.34. The van der Waals surface area contributed by atoms with E-state index in [1.165, 1.54) is 38.5 Å². The van der Waals surface area contributed by atoms with Gasteiger partial charge in [0, 0.05) is 0 Å². The van der Waals surface area contributed by atoms with Crippen LogP contribution >= 0.6 is 0 Å². The van der Waals surface area contributed by atoms with Gasteiger partial charge in [0.05, 0.1) is 57.9 Å². The van der Waals surface area contributed by atoms with E-state index in [9.17, 15) is 25.9 Å². The van der Waals surface area contributed by atoms with Crippen LogP contribution in [-0.2, 0) is 46.4 Å². The molecule has 0 unspecified atom stereocenters. The lowest BCUT2D eigenvalue weighted by molar-refractivity contribution is -0.707. The molecular formula is C24H42N4O6S2. The molecule has 0 saturated heterocycles. The van der Waals surface area contributed by atoms with Crippen molar-refractivity contribution in [1.82, 2.24) is 9.13 Å². The van der Waals surface area contributed by atoms with Crippen LogP contribution in [0.3, 0.4) is 0 Å². The van der Waals surface area contributed by atoms with Gasteiger partial charge in [0.1, 0.15) is 24.8 Å². The monoisotopic (exact) mass is 546 g/mol. The smallest absolute Gasteiger partial charge is 0.243 e. The third-order valence-electron chi connectivity index (χ3n) is 4.76. The van der Waals surface area contributed by atoms with Gasteiger partial charge in [0.2, 0.25) is 12.7 Å². The number of unbranched alkanes of at least 4 members (excludes halogenated alkanes) is 3. The molecule has 0 saturated carbocycles. The number of aryl methyl sites for hydroxylation is 4. The molecule has 0 atom stereocenters. The molecule has 0 aliphatic rings. The fourth-order valence-electron chi connectivity index (χ4n) is 2.97. The molecule has 36 heavy (non-hydrogen) atoms. The van der Waals surface area contributed by atoms with Crippen molar-refractivity contribution in [2.24, 2.45) is 0 Å². The Hall–Kier alpha value is -2.28. The molecule has 0 spiro atoms. The minimum Gasteiger partial charge on any atom is -0.748 e. The highest BCUT2D eigenvalue weighted by Gasteiger charge is 2.05. The summed E-state index contributed by atoms with van der Waals surface area (Å²) in [6.07, 6.45) is 22.9. The molecule has 12 heteroatoms. The molecule has 0 aliphatic heterocycles. The van der Waals surface area contributed by atoms with E-state index in [2.05, 4.69) is 82.7 Å². The van der Waals surface area contributed by atoms with Crippen LogP contribution in [0.15, 0.2) is 62.8 Å². The highest BCUT2D eigenvalue weighted by molar-refractivity contribution is 7.86. The van der Waals surface area contributed by atoms with Gasteiger partial charge in [-0.2, -0.15) is 0 Å². The maximum Gasteiger partial charge on any atom is 0.243 e. The fourth-order valence-corrected chi connectivity index (χ4v) is 3.54. The van der Waals surface area contributed by atoms with Gasteiger partial charge < -0.3 is 9.11 Å². The Kier molecular flexibility index (Phi) is 17.7. The molecule has 0 fully saturated rings. The molecule has 0 radical (unpaired) electrons. The average molecular weight is 547 g/mol. The molecule has 2 heterocycles. The molecule has 2 aromatic heterocycles. The molecular weight excluding hydrogens is 504 g/mol. The average Bonchev–Trinajstić information content (AvgIpc) is 3.42. The fraction of sp³-hybridized carbons (Fsp3) is 0.583. The van der Waals surface area contributed by atoms with Crippen LogP contribution in [0.5, 0.6) is 0 Å². The van der Waals surface area contributed by atoms with Crippen molar-refractivity contribution >= 4 is 20.2 Å². The summed E-state index contributed by atoms with van der Waals surface area (Å²) < 4.78 is 66.8. The van der Waals surface area contributed by atoms with Crippen molar-refractivity contribution in [3.05, 3.63) is 62.8 Å². The van der Waals surface area contributed by atoms with Crippen molar-refractivity contribution < 1.29 is 35.1 Å². The largest absolute Gasteiger partial charge is 0.748 e. The maximum atomic E-state index is 9.60. The Labute approximate surface area is 217 Å². The van der Waals surface area contributed by atoms with Gasteiger partial charge in [-0.1, -0.05) is 38.8 Å². The Balaban J connectivity index is 0.000000720. The van der Waals surface area contributed by atoms with Crippen LogP contribution in [0.2, 0.25) is 0 Å². The van der Waals surface area contributed by atoms with Gasteiger partial charge >= 0.3 is 0 Å². The van der Waals surface area contributed by atoms with Gasteiger partial charge in [-0.3, -0.25) is 0 Å².